The van der Waals surface area contributed by atoms with Crippen LogP contribution < -0.4 is 10.1 Å². The van der Waals surface area contributed by atoms with Crippen LogP contribution in [-0.2, 0) is 6.54 Å². The number of nitrogens with one attached hydrogen (secondary N) is 1. The fourth-order valence-electron chi connectivity index (χ4n) is 1.78. The lowest BCUT2D eigenvalue weighted by molar-refractivity contribution is 0.311. The molecular formula is C14H22ClNO. The third-order valence-corrected chi connectivity index (χ3v) is 3.18. The summed E-state index contributed by atoms with van der Waals surface area (Å²) < 4.78 is 5.85. The minimum absolute atomic E-state index is 0.751. The third kappa shape index (κ3) is 3.62. The van der Waals surface area contributed by atoms with Crippen molar-refractivity contribution in [2.75, 3.05) is 13.2 Å². The van der Waals surface area contributed by atoms with Crippen LogP contribution in [0.2, 0.25) is 5.02 Å². The molecule has 0 fully saturated rings. The molecule has 0 radical (unpaired) electrons. The second kappa shape index (κ2) is 6.87. The van der Waals surface area contributed by atoms with Gasteiger partial charge in [0.25, 0.3) is 0 Å². The molecular weight excluding hydrogens is 234 g/mol. The Kier molecular flexibility index (Phi) is 5.79. The smallest absolute Gasteiger partial charge is 0.127 e. The first-order chi connectivity index (χ1) is 8.11. The van der Waals surface area contributed by atoms with E-state index < -0.39 is 0 Å². The zero-order chi connectivity index (χ0) is 12.8. The summed E-state index contributed by atoms with van der Waals surface area (Å²) in [5.74, 6) is 0.995. The Morgan fingerprint density at radius 3 is 2.59 bits per heavy atom. The van der Waals surface area contributed by atoms with Gasteiger partial charge < -0.3 is 10.1 Å². The molecule has 1 rings (SSSR count). The zero-order valence-electron chi connectivity index (χ0n) is 11.2. The van der Waals surface area contributed by atoms with Gasteiger partial charge in [-0.15, -0.1) is 0 Å². The Bertz CT molecular complexity index is 377. The second-order valence-corrected chi connectivity index (χ2v) is 4.64. The van der Waals surface area contributed by atoms with Crippen LogP contribution in [0.15, 0.2) is 6.07 Å². The standard InChI is InChI=1S/C14H22ClNO/c1-5-7-17-14-10(3)8-13(15)11(4)12(14)9-16-6-2/h8,16H,5-7,9H2,1-4H3. The van der Waals surface area contributed by atoms with Crippen LogP contribution in [0.3, 0.4) is 0 Å². The molecule has 2 nitrogen and oxygen atoms in total. The van der Waals surface area contributed by atoms with Gasteiger partial charge >= 0.3 is 0 Å². The maximum atomic E-state index is 6.22. The summed E-state index contributed by atoms with van der Waals surface area (Å²) in [6.07, 6.45) is 1.02. The Morgan fingerprint density at radius 2 is 2.00 bits per heavy atom. The van der Waals surface area contributed by atoms with E-state index in [9.17, 15) is 0 Å². The molecule has 0 unspecified atom stereocenters. The minimum atomic E-state index is 0.751. The predicted octanol–water partition coefficient (Wildman–Crippen LogP) is 3.86. The van der Waals surface area contributed by atoms with Crippen molar-refractivity contribution in [2.24, 2.45) is 0 Å². The van der Waals surface area contributed by atoms with Gasteiger partial charge in [-0.05, 0) is 44.0 Å². The molecule has 3 heteroatoms. The van der Waals surface area contributed by atoms with Gasteiger partial charge in [0, 0.05) is 17.1 Å². The molecule has 0 saturated carbocycles. The first-order valence-electron chi connectivity index (χ1n) is 6.23. The first-order valence-corrected chi connectivity index (χ1v) is 6.61. The molecule has 0 saturated heterocycles. The summed E-state index contributed by atoms with van der Waals surface area (Å²) in [5, 5.41) is 4.16. The van der Waals surface area contributed by atoms with Crippen molar-refractivity contribution in [1.82, 2.24) is 5.32 Å². The van der Waals surface area contributed by atoms with E-state index in [-0.39, 0.29) is 0 Å². The van der Waals surface area contributed by atoms with E-state index in [0.717, 1.165) is 48.0 Å². The highest BCUT2D eigenvalue weighted by molar-refractivity contribution is 6.31. The fraction of sp³-hybridized carbons (Fsp3) is 0.571. The molecule has 0 heterocycles. The molecule has 0 bridgehead atoms. The maximum absolute atomic E-state index is 6.22. The SMILES string of the molecule is CCCOc1c(C)cc(Cl)c(C)c1CNCC. The summed E-state index contributed by atoms with van der Waals surface area (Å²) in [7, 11) is 0. The molecule has 0 aliphatic heterocycles. The molecule has 0 atom stereocenters. The number of aryl methyl sites for hydroxylation is 1. The Hall–Kier alpha value is -0.730. The van der Waals surface area contributed by atoms with Crippen molar-refractivity contribution in [3.63, 3.8) is 0 Å². The normalized spacial score (nSPS) is 10.6. The fourth-order valence-corrected chi connectivity index (χ4v) is 2.06. The van der Waals surface area contributed by atoms with E-state index in [4.69, 9.17) is 16.3 Å². The molecule has 1 N–H and O–H groups in total. The lowest BCUT2D eigenvalue weighted by atomic mass is 10.0. The molecule has 17 heavy (non-hydrogen) atoms. The van der Waals surface area contributed by atoms with Crippen LogP contribution in [-0.4, -0.2) is 13.2 Å². The largest absolute Gasteiger partial charge is 0.493 e. The first kappa shape index (κ1) is 14.3. The number of benzene rings is 1. The van der Waals surface area contributed by atoms with Crippen LogP contribution >= 0.6 is 11.6 Å². The average molecular weight is 256 g/mol. The van der Waals surface area contributed by atoms with Crippen molar-refractivity contribution in [1.29, 1.82) is 0 Å². The summed E-state index contributed by atoms with van der Waals surface area (Å²) in [4.78, 5) is 0. The van der Waals surface area contributed by atoms with Crippen LogP contribution in [0, 0.1) is 13.8 Å². The monoisotopic (exact) mass is 255 g/mol. The number of ether oxygens (including phenoxy) is 1. The zero-order valence-corrected chi connectivity index (χ0v) is 11.9. The molecule has 0 spiro atoms. The number of hydrogen-bond acceptors (Lipinski definition) is 2. The van der Waals surface area contributed by atoms with E-state index >= 15 is 0 Å². The third-order valence-electron chi connectivity index (χ3n) is 2.79. The van der Waals surface area contributed by atoms with E-state index in [1.165, 1.54) is 5.56 Å². The topological polar surface area (TPSA) is 21.3 Å². The average Bonchev–Trinajstić information content (AvgIpc) is 2.30. The maximum Gasteiger partial charge on any atom is 0.127 e. The molecule has 1 aromatic carbocycles. The van der Waals surface area contributed by atoms with Crippen LogP contribution in [0.25, 0.3) is 0 Å². The van der Waals surface area contributed by atoms with E-state index in [0.29, 0.717) is 0 Å². The predicted molar refractivity (Wildman–Crippen MR) is 74.1 cm³/mol. The van der Waals surface area contributed by atoms with Crippen molar-refractivity contribution in [3.8, 4) is 5.75 Å². The van der Waals surface area contributed by atoms with Crippen LogP contribution in [0.4, 0.5) is 0 Å². The van der Waals surface area contributed by atoms with Crippen LogP contribution in [0.5, 0.6) is 5.75 Å². The number of hydrogen-bond donors (Lipinski definition) is 1. The number of rotatable bonds is 6. The van der Waals surface area contributed by atoms with Gasteiger partial charge in [-0.2, -0.15) is 0 Å². The summed E-state index contributed by atoms with van der Waals surface area (Å²) in [6.45, 7) is 10.8. The van der Waals surface area contributed by atoms with Crippen molar-refractivity contribution in [3.05, 3.63) is 27.8 Å². The van der Waals surface area contributed by atoms with Crippen LogP contribution in [0.1, 0.15) is 37.0 Å². The Balaban J connectivity index is 3.09. The summed E-state index contributed by atoms with van der Waals surface area (Å²) in [5.41, 5.74) is 3.41. The lowest BCUT2D eigenvalue weighted by Crippen LogP contribution is -2.15. The van der Waals surface area contributed by atoms with Gasteiger partial charge in [-0.1, -0.05) is 25.4 Å². The van der Waals surface area contributed by atoms with Gasteiger partial charge in [-0.25, -0.2) is 0 Å². The van der Waals surface area contributed by atoms with Crippen molar-refractivity contribution >= 4 is 11.6 Å². The summed E-state index contributed by atoms with van der Waals surface area (Å²) >= 11 is 6.22. The van der Waals surface area contributed by atoms with E-state index in [2.05, 4.69) is 19.2 Å². The minimum Gasteiger partial charge on any atom is -0.493 e. The second-order valence-electron chi connectivity index (χ2n) is 4.24. The molecule has 1 aromatic rings. The molecule has 0 aromatic heterocycles. The molecule has 0 aliphatic carbocycles. The van der Waals surface area contributed by atoms with Gasteiger partial charge in [0.05, 0.1) is 6.61 Å². The molecule has 0 aliphatic rings. The Labute approximate surface area is 109 Å². The van der Waals surface area contributed by atoms with Gasteiger partial charge in [0.1, 0.15) is 5.75 Å². The highest BCUT2D eigenvalue weighted by atomic mass is 35.5. The van der Waals surface area contributed by atoms with Gasteiger partial charge in [-0.3, -0.25) is 0 Å². The van der Waals surface area contributed by atoms with Gasteiger partial charge in [0.2, 0.25) is 0 Å². The highest BCUT2D eigenvalue weighted by Gasteiger charge is 2.13. The van der Waals surface area contributed by atoms with E-state index in [1.54, 1.807) is 0 Å². The van der Waals surface area contributed by atoms with Gasteiger partial charge in [0.15, 0.2) is 0 Å². The lowest BCUT2D eigenvalue weighted by Gasteiger charge is -2.17. The number of halogens is 1. The summed E-state index contributed by atoms with van der Waals surface area (Å²) in [6, 6.07) is 1.98. The Morgan fingerprint density at radius 1 is 1.29 bits per heavy atom. The van der Waals surface area contributed by atoms with Crippen molar-refractivity contribution < 1.29 is 4.74 Å². The molecule has 0 amide bonds. The van der Waals surface area contributed by atoms with Crippen molar-refractivity contribution in [2.45, 2.75) is 40.7 Å². The quantitative estimate of drug-likeness (QED) is 0.834. The molecule has 96 valence electrons. The van der Waals surface area contributed by atoms with E-state index in [1.807, 2.05) is 19.9 Å². The highest BCUT2D eigenvalue weighted by Crippen LogP contribution is 2.32.